The summed E-state index contributed by atoms with van der Waals surface area (Å²) in [6.45, 7) is 4.58. The Morgan fingerprint density at radius 3 is 2.85 bits per heavy atom. The molecule has 0 aliphatic carbocycles. The molecular formula is C10H18O3. The lowest BCUT2D eigenvalue weighted by atomic mass is 10.1. The maximum Gasteiger partial charge on any atom is 0.306 e. The molecule has 1 rings (SSSR count). The van der Waals surface area contributed by atoms with Crippen LogP contribution in [0.2, 0.25) is 0 Å². The van der Waals surface area contributed by atoms with Crippen molar-refractivity contribution in [2.75, 3.05) is 6.61 Å². The number of hydrogen-bond donors (Lipinski definition) is 0. The Labute approximate surface area is 79.4 Å². The van der Waals surface area contributed by atoms with Crippen molar-refractivity contribution in [3.8, 4) is 0 Å². The van der Waals surface area contributed by atoms with Gasteiger partial charge in [0.2, 0.25) is 0 Å². The molecule has 2 atom stereocenters. The summed E-state index contributed by atoms with van der Waals surface area (Å²) >= 11 is 0. The first-order chi connectivity index (χ1) is 6.22. The predicted molar refractivity (Wildman–Crippen MR) is 49.4 cm³/mol. The first-order valence-electron chi connectivity index (χ1n) is 5.03. The van der Waals surface area contributed by atoms with Crippen molar-refractivity contribution in [3.63, 3.8) is 0 Å². The molecule has 13 heavy (non-hydrogen) atoms. The van der Waals surface area contributed by atoms with E-state index in [0.29, 0.717) is 19.1 Å². The van der Waals surface area contributed by atoms with Crippen LogP contribution in [-0.4, -0.2) is 24.8 Å². The highest BCUT2D eigenvalue weighted by molar-refractivity contribution is 5.69. The maximum absolute atomic E-state index is 11.1. The number of hydrogen-bond acceptors (Lipinski definition) is 3. The summed E-state index contributed by atoms with van der Waals surface area (Å²) in [5, 5.41) is 0. The van der Waals surface area contributed by atoms with Gasteiger partial charge in [-0.1, -0.05) is 6.92 Å². The van der Waals surface area contributed by atoms with E-state index in [9.17, 15) is 4.79 Å². The lowest BCUT2D eigenvalue weighted by Crippen LogP contribution is -2.31. The van der Waals surface area contributed by atoms with Crippen LogP contribution in [-0.2, 0) is 14.3 Å². The van der Waals surface area contributed by atoms with Gasteiger partial charge in [-0.3, -0.25) is 4.79 Å². The third-order valence-electron chi connectivity index (χ3n) is 2.21. The van der Waals surface area contributed by atoms with E-state index in [2.05, 4.69) is 0 Å². The maximum atomic E-state index is 11.1. The van der Waals surface area contributed by atoms with Gasteiger partial charge in [-0.25, -0.2) is 0 Å². The molecule has 1 fully saturated rings. The van der Waals surface area contributed by atoms with Gasteiger partial charge < -0.3 is 9.47 Å². The van der Waals surface area contributed by atoms with Crippen molar-refractivity contribution < 1.29 is 14.3 Å². The Kier molecular flexibility index (Phi) is 4.22. The highest BCUT2D eigenvalue weighted by Gasteiger charge is 2.21. The third-order valence-corrected chi connectivity index (χ3v) is 2.21. The predicted octanol–water partition coefficient (Wildman–Crippen LogP) is 1.90. The van der Waals surface area contributed by atoms with Gasteiger partial charge in [-0.2, -0.15) is 0 Å². The summed E-state index contributed by atoms with van der Waals surface area (Å²) < 4.78 is 10.6. The standard InChI is InChI=1S/C10H18O3/c1-3-4-10(11)13-9-6-5-8(2)12-7-9/h8-9H,3-7H2,1-2H3/t8-,9+/m0/s1. The summed E-state index contributed by atoms with van der Waals surface area (Å²) in [5.74, 6) is -0.0920. The van der Waals surface area contributed by atoms with Gasteiger partial charge in [0.25, 0.3) is 0 Å². The lowest BCUT2D eigenvalue weighted by Gasteiger charge is -2.26. The molecule has 1 saturated heterocycles. The van der Waals surface area contributed by atoms with E-state index >= 15 is 0 Å². The molecule has 0 aromatic carbocycles. The molecule has 0 radical (unpaired) electrons. The molecular weight excluding hydrogens is 168 g/mol. The van der Waals surface area contributed by atoms with E-state index < -0.39 is 0 Å². The zero-order valence-electron chi connectivity index (χ0n) is 8.41. The SMILES string of the molecule is CCCC(=O)O[C@@H]1CC[C@H](C)OC1. The molecule has 1 aliphatic rings. The highest BCUT2D eigenvalue weighted by atomic mass is 16.6. The topological polar surface area (TPSA) is 35.5 Å². The molecule has 0 N–H and O–H groups in total. The smallest absolute Gasteiger partial charge is 0.306 e. The molecule has 0 saturated carbocycles. The van der Waals surface area contributed by atoms with Crippen LogP contribution in [0, 0.1) is 0 Å². The number of carbonyl (C=O) groups is 1. The van der Waals surface area contributed by atoms with Crippen molar-refractivity contribution in [2.24, 2.45) is 0 Å². The van der Waals surface area contributed by atoms with Gasteiger partial charge >= 0.3 is 5.97 Å². The number of rotatable bonds is 3. The van der Waals surface area contributed by atoms with Gasteiger partial charge in [-0.05, 0) is 26.2 Å². The molecule has 3 nitrogen and oxygen atoms in total. The molecule has 1 heterocycles. The fourth-order valence-electron chi connectivity index (χ4n) is 1.40. The van der Waals surface area contributed by atoms with E-state index in [1.807, 2.05) is 13.8 Å². The quantitative estimate of drug-likeness (QED) is 0.631. The van der Waals surface area contributed by atoms with E-state index in [1.54, 1.807) is 0 Å². The van der Waals surface area contributed by atoms with E-state index in [-0.39, 0.29) is 12.1 Å². The molecule has 0 aromatic rings. The average molecular weight is 186 g/mol. The van der Waals surface area contributed by atoms with Gasteiger partial charge in [0.05, 0.1) is 12.7 Å². The van der Waals surface area contributed by atoms with Crippen molar-refractivity contribution in [2.45, 2.75) is 51.7 Å². The summed E-state index contributed by atoms with van der Waals surface area (Å²) in [5.41, 5.74) is 0. The van der Waals surface area contributed by atoms with Gasteiger partial charge in [0.15, 0.2) is 0 Å². The van der Waals surface area contributed by atoms with Gasteiger partial charge in [0, 0.05) is 6.42 Å². The van der Waals surface area contributed by atoms with Crippen LogP contribution in [0.3, 0.4) is 0 Å². The largest absolute Gasteiger partial charge is 0.460 e. The van der Waals surface area contributed by atoms with Gasteiger partial charge in [0.1, 0.15) is 6.10 Å². The minimum Gasteiger partial charge on any atom is -0.460 e. The Morgan fingerprint density at radius 2 is 2.31 bits per heavy atom. The summed E-state index contributed by atoms with van der Waals surface area (Å²) in [7, 11) is 0. The number of ether oxygens (including phenoxy) is 2. The van der Waals surface area contributed by atoms with Crippen LogP contribution in [0.1, 0.15) is 39.5 Å². The minimum atomic E-state index is -0.0920. The molecule has 0 amide bonds. The van der Waals surface area contributed by atoms with E-state index in [0.717, 1.165) is 19.3 Å². The lowest BCUT2D eigenvalue weighted by molar-refractivity contribution is -0.158. The molecule has 0 spiro atoms. The second-order valence-electron chi connectivity index (χ2n) is 3.58. The Morgan fingerprint density at radius 1 is 1.54 bits per heavy atom. The first-order valence-corrected chi connectivity index (χ1v) is 5.03. The zero-order valence-corrected chi connectivity index (χ0v) is 8.41. The number of esters is 1. The molecule has 3 heteroatoms. The van der Waals surface area contributed by atoms with E-state index in [4.69, 9.17) is 9.47 Å². The highest BCUT2D eigenvalue weighted by Crippen LogP contribution is 2.16. The fraction of sp³-hybridized carbons (Fsp3) is 0.900. The second-order valence-corrected chi connectivity index (χ2v) is 3.58. The summed E-state index contributed by atoms with van der Waals surface area (Å²) in [4.78, 5) is 11.1. The first kappa shape index (κ1) is 10.5. The van der Waals surface area contributed by atoms with Crippen LogP contribution in [0.5, 0.6) is 0 Å². The molecule has 0 aromatic heterocycles. The minimum absolute atomic E-state index is 0.00440. The molecule has 76 valence electrons. The van der Waals surface area contributed by atoms with Crippen LogP contribution < -0.4 is 0 Å². The Hall–Kier alpha value is -0.570. The fourth-order valence-corrected chi connectivity index (χ4v) is 1.40. The zero-order chi connectivity index (χ0) is 9.68. The normalized spacial score (nSPS) is 28.5. The van der Waals surface area contributed by atoms with Gasteiger partial charge in [-0.15, -0.1) is 0 Å². The third kappa shape index (κ3) is 3.77. The monoisotopic (exact) mass is 186 g/mol. The van der Waals surface area contributed by atoms with Crippen molar-refractivity contribution in [1.82, 2.24) is 0 Å². The van der Waals surface area contributed by atoms with Crippen LogP contribution in [0.15, 0.2) is 0 Å². The van der Waals surface area contributed by atoms with Crippen molar-refractivity contribution in [1.29, 1.82) is 0 Å². The Balaban J connectivity index is 2.18. The van der Waals surface area contributed by atoms with Crippen molar-refractivity contribution >= 4 is 5.97 Å². The number of carbonyl (C=O) groups excluding carboxylic acids is 1. The molecule has 1 aliphatic heterocycles. The van der Waals surface area contributed by atoms with E-state index in [1.165, 1.54) is 0 Å². The van der Waals surface area contributed by atoms with Crippen LogP contribution in [0.4, 0.5) is 0 Å². The van der Waals surface area contributed by atoms with Crippen LogP contribution >= 0.6 is 0 Å². The Bertz CT molecular complexity index is 160. The summed E-state index contributed by atoms with van der Waals surface area (Å²) in [6, 6.07) is 0. The molecule has 0 unspecified atom stereocenters. The second kappa shape index (κ2) is 5.22. The average Bonchev–Trinajstić information content (AvgIpc) is 2.09. The van der Waals surface area contributed by atoms with Crippen molar-refractivity contribution in [3.05, 3.63) is 0 Å². The molecule has 0 bridgehead atoms. The van der Waals surface area contributed by atoms with Crippen LogP contribution in [0.25, 0.3) is 0 Å². The summed E-state index contributed by atoms with van der Waals surface area (Å²) in [6.07, 6.45) is 3.62.